The van der Waals surface area contributed by atoms with E-state index in [0.29, 0.717) is 5.69 Å². The average molecular weight is 191 g/mol. The molecule has 0 aromatic carbocycles. The van der Waals surface area contributed by atoms with Crippen LogP contribution >= 0.6 is 0 Å². The van der Waals surface area contributed by atoms with Gasteiger partial charge in [0.15, 0.2) is 0 Å². The van der Waals surface area contributed by atoms with Crippen molar-refractivity contribution in [2.24, 2.45) is 0 Å². The number of pyridine rings is 1. The van der Waals surface area contributed by atoms with Gasteiger partial charge in [0.1, 0.15) is 11.9 Å². The lowest BCUT2D eigenvalue weighted by Gasteiger charge is -2.26. The first-order valence-electron chi connectivity index (χ1n) is 4.61. The van der Waals surface area contributed by atoms with E-state index in [9.17, 15) is 5.11 Å². The molecule has 1 aromatic heterocycles. The molecule has 0 saturated carbocycles. The predicted octanol–water partition coefficient (Wildman–Crippen LogP) is 1.05. The highest BCUT2D eigenvalue weighted by Crippen LogP contribution is 2.30. The molecule has 0 fully saturated rings. The monoisotopic (exact) mass is 191 g/mol. The first kappa shape index (κ1) is 9.02. The zero-order valence-corrected chi connectivity index (χ0v) is 8.01. The second kappa shape index (κ2) is 3.31. The van der Waals surface area contributed by atoms with Gasteiger partial charge in [-0.1, -0.05) is 0 Å². The Morgan fingerprint density at radius 1 is 1.64 bits per heavy atom. The Morgan fingerprint density at radius 3 is 3.14 bits per heavy atom. The van der Waals surface area contributed by atoms with Crippen molar-refractivity contribution in [2.75, 3.05) is 17.2 Å². The van der Waals surface area contributed by atoms with E-state index in [0.717, 1.165) is 17.9 Å². The first-order chi connectivity index (χ1) is 6.72. The number of nitrogens with two attached hydrogens (primary N) is 1. The minimum atomic E-state index is -0.594. The molecule has 0 saturated heterocycles. The topological polar surface area (TPSA) is 62.4 Å². The lowest BCUT2D eigenvalue weighted by molar-refractivity contribution is 0.226. The molecule has 0 bridgehead atoms. The number of rotatable bonds is 1. The number of nitrogens with zero attached hydrogens (tertiary/aromatic N) is 2. The number of aromatic nitrogens is 1. The second-order valence-corrected chi connectivity index (χ2v) is 3.25. The quantitative estimate of drug-likeness (QED) is 0.696. The van der Waals surface area contributed by atoms with Gasteiger partial charge in [0.25, 0.3) is 0 Å². The van der Waals surface area contributed by atoms with Gasteiger partial charge in [0.05, 0.1) is 11.9 Å². The van der Waals surface area contributed by atoms with Gasteiger partial charge in [0, 0.05) is 18.3 Å². The summed E-state index contributed by atoms with van der Waals surface area (Å²) >= 11 is 0. The molecular formula is C10H13N3O. The maximum Gasteiger partial charge on any atom is 0.138 e. The Bertz CT molecular complexity index is 376. The summed E-state index contributed by atoms with van der Waals surface area (Å²) in [5.41, 5.74) is 6.97. The predicted molar refractivity (Wildman–Crippen MR) is 55.8 cm³/mol. The van der Waals surface area contributed by atoms with Crippen molar-refractivity contribution in [3.05, 3.63) is 30.1 Å². The van der Waals surface area contributed by atoms with Crippen molar-refractivity contribution in [3.8, 4) is 0 Å². The molecule has 4 nitrogen and oxygen atoms in total. The summed E-state index contributed by atoms with van der Waals surface area (Å²) in [4.78, 5) is 6.18. The number of fused-ring (bicyclic) bond motifs is 1. The number of hydrogen-bond donors (Lipinski definition) is 2. The summed E-state index contributed by atoms with van der Waals surface area (Å²) in [6.45, 7) is 2.86. The van der Waals surface area contributed by atoms with Crippen molar-refractivity contribution in [1.82, 2.24) is 4.98 Å². The molecule has 0 aliphatic carbocycles. The fraction of sp³-hybridized carbons (Fsp3) is 0.300. The van der Waals surface area contributed by atoms with Gasteiger partial charge in [0.2, 0.25) is 0 Å². The Kier molecular flexibility index (Phi) is 2.13. The van der Waals surface area contributed by atoms with Crippen LogP contribution in [0.3, 0.4) is 0 Å². The van der Waals surface area contributed by atoms with Gasteiger partial charge in [-0.2, -0.15) is 0 Å². The molecule has 14 heavy (non-hydrogen) atoms. The molecule has 2 heterocycles. The van der Waals surface area contributed by atoms with Crippen LogP contribution in [-0.2, 0) is 0 Å². The number of aliphatic hydroxyl groups excluding tert-OH is 1. The van der Waals surface area contributed by atoms with Gasteiger partial charge in [-0.05, 0) is 19.1 Å². The van der Waals surface area contributed by atoms with Crippen LogP contribution in [0.5, 0.6) is 0 Å². The summed E-state index contributed by atoms with van der Waals surface area (Å²) in [7, 11) is 0. The number of nitrogen functional groups attached to an aromatic ring is 1. The number of anilines is 2. The Labute approximate surface area is 82.7 Å². The van der Waals surface area contributed by atoms with Crippen molar-refractivity contribution in [3.63, 3.8) is 0 Å². The minimum Gasteiger partial charge on any atom is -0.397 e. The van der Waals surface area contributed by atoms with Crippen LogP contribution in [0.25, 0.3) is 0 Å². The maximum atomic E-state index is 9.69. The third-order valence-corrected chi connectivity index (χ3v) is 2.30. The third-order valence-electron chi connectivity index (χ3n) is 2.30. The number of aliphatic hydroxyl groups is 1. The van der Waals surface area contributed by atoms with E-state index in [2.05, 4.69) is 4.98 Å². The normalized spacial score (nSPS) is 19.6. The van der Waals surface area contributed by atoms with Gasteiger partial charge in [-0.3, -0.25) is 0 Å². The SMILES string of the molecule is CCN1C=CC(O)c2cc(N)cnc21. The van der Waals surface area contributed by atoms with Crippen LogP contribution < -0.4 is 10.6 Å². The fourth-order valence-corrected chi connectivity index (χ4v) is 1.56. The van der Waals surface area contributed by atoms with Gasteiger partial charge >= 0.3 is 0 Å². The molecule has 4 heteroatoms. The summed E-state index contributed by atoms with van der Waals surface area (Å²) in [5, 5.41) is 9.69. The van der Waals surface area contributed by atoms with E-state index in [1.54, 1.807) is 18.3 Å². The highest BCUT2D eigenvalue weighted by molar-refractivity contribution is 5.58. The lowest BCUT2D eigenvalue weighted by atomic mass is 10.1. The van der Waals surface area contributed by atoms with E-state index in [-0.39, 0.29) is 0 Å². The van der Waals surface area contributed by atoms with E-state index >= 15 is 0 Å². The van der Waals surface area contributed by atoms with Crippen molar-refractivity contribution >= 4 is 11.5 Å². The largest absolute Gasteiger partial charge is 0.397 e. The molecule has 1 aromatic rings. The average Bonchev–Trinajstić information content (AvgIpc) is 2.19. The van der Waals surface area contributed by atoms with E-state index in [1.165, 1.54) is 0 Å². The zero-order valence-electron chi connectivity index (χ0n) is 8.01. The van der Waals surface area contributed by atoms with Crippen LogP contribution in [0.4, 0.5) is 11.5 Å². The van der Waals surface area contributed by atoms with Crippen LogP contribution in [0.1, 0.15) is 18.6 Å². The first-order valence-corrected chi connectivity index (χ1v) is 4.61. The molecule has 2 rings (SSSR count). The summed E-state index contributed by atoms with van der Waals surface area (Å²) in [5.74, 6) is 0.789. The third kappa shape index (κ3) is 1.33. The molecule has 1 aliphatic heterocycles. The van der Waals surface area contributed by atoms with Crippen LogP contribution in [0, 0.1) is 0 Å². The minimum absolute atomic E-state index is 0.578. The smallest absolute Gasteiger partial charge is 0.138 e. The van der Waals surface area contributed by atoms with Gasteiger partial charge in [-0.25, -0.2) is 4.98 Å². The Hall–Kier alpha value is -1.55. The Morgan fingerprint density at radius 2 is 2.43 bits per heavy atom. The molecule has 0 amide bonds. The standard InChI is InChI=1S/C10H13N3O/c1-2-13-4-3-9(14)8-5-7(11)6-12-10(8)13/h3-6,9,14H,2,11H2,1H3. The lowest BCUT2D eigenvalue weighted by Crippen LogP contribution is -2.22. The van der Waals surface area contributed by atoms with Gasteiger partial charge < -0.3 is 15.7 Å². The fourth-order valence-electron chi connectivity index (χ4n) is 1.56. The molecule has 0 radical (unpaired) electrons. The highest BCUT2D eigenvalue weighted by atomic mass is 16.3. The van der Waals surface area contributed by atoms with Crippen molar-refractivity contribution < 1.29 is 5.11 Å². The molecule has 0 spiro atoms. The van der Waals surface area contributed by atoms with E-state index < -0.39 is 6.10 Å². The summed E-state index contributed by atoms with van der Waals surface area (Å²) in [6, 6.07) is 1.76. The molecule has 1 unspecified atom stereocenters. The van der Waals surface area contributed by atoms with E-state index in [4.69, 9.17) is 5.73 Å². The van der Waals surface area contributed by atoms with Crippen molar-refractivity contribution in [1.29, 1.82) is 0 Å². The van der Waals surface area contributed by atoms with Crippen LogP contribution in [-0.4, -0.2) is 16.6 Å². The number of hydrogen-bond acceptors (Lipinski definition) is 4. The van der Waals surface area contributed by atoms with Crippen LogP contribution in [0.15, 0.2) is 24.5 Å². The maximum absolute atomic E-state index is 9.69. The molecule has 1 aliphatic rings. The molecule has 74 valence electrons. The molecular weight excluding hydrogens is 178 g/mol. The Balaban J connectivity index is 2.50. The molecule has 3 N–H and O–H groups in total. The van der Waals surface area contributed by atoms with Crippen molar-refractivity contribution in [2.45, 2.75) is 13.0 Å². The van der Waals surface area contributed by atoms with Gasteiger partial charge in [-0.15, -0.1) is 0 Å². The summed E-state index contributed by atoms with van der Waals surface area (Å²) < 4.78 is 0. The zero-order chi connectivity index (χ0) is 10.1. The summed E-state index contributed by atoms with van der Waals surface area (Å²) in [6.07, 6.45) is 4.58. The van der Waals surface area contributed by atoms with Crippen LogP contribution in [0.2, 0.25) is 0 Å². The molecule has 1 atom stereocenters. The second-order valence-electron chi connectivity index (χ2n) is 3.25. The highest BCUT2D eigenvalue weighted by Gasteiger charge is 2.19. The van der Waals surface area contributed by atoms with E-state index in [1.807, 2.05) is 18.0 Å².